The van der Waals surface area contributed by atoms with Crippen molar-refractivity contribution in [2.24, 2.45) is 0 Å². The van der Waals surface area contributed by atoms with Gasteiger partial charge >= 0.3 is 0 Å². The van der Waals surface area contributed by atoms with Crippen molar-refractivity contribution in [3.8, 4) is 23.0 Å². The number of rotatable bonds is 6. The van der Waals surface area contributed by atoms with E-state index in [0.29, 0.717) is 42.4 Å². The van der Waals surface area contributed by atoms with Crippen molar-refractivity contribution < 1.29 is 28.5 Å². The van der Waals surface area contributed by atoms with Crippen LogP contribution in [0.5, 0.6) is 23.0 Å². The fourth-order valence-electron chi connectivity index (χ4n) is 4.29. The van der Waals surface area contributed by atoms with Crippen LogP contribution in [0.1, 0.15) is 16.7 Å². The van der Waals surface area contributed by atoms with Gasteiger partial charge in [0.05, 0.1) is 28.4 Å². The zero-order chi connectivity index (χ0) is 22.1. The van der Waals surface area contributed by atoms with Gasteiger partial charge in [0.1, 0.15) is 12.1 Å². The molecule has 0 spiro atoms. The van der Waals surface area contributed by atoms with Gasteiger partial charge in [0.25, 0.3) is 0 Å². The minimum Gasteiger partial charge on any atom is -0.493 e. The molecule has 8 nitrogen and oxygen atoms in total. The number of fused-ring (bicyclic) bond motifs is 2. The highest BCUT2D eigenvalue weighted by atomic mass is 16.5. The molecule has 0 unspecified atom stereocenters. The predicted molar refractivity (Wildman–Crippen MR) is 113 cm³/mol. The second kappa shape index (κ2) is 8.37. The Morgan fingerprint density at radius 3 is 2.13 bits per heavy atom. The first-order chi connectivity index (χ1) is 15.0. The Bertz CT molecular complexity index is 1020. The van der Waals surface area contributed by atoms with E-state index in [1.54, 1.807) is 39.4 Å². The number of benzene rings is 2. The smallest absolute Gasteiger partial charge is 0.246 e. The lowest BCUT2D eigenvalue weighted by Gasteiger charge is -2.42. The number of methoxy groups -OCH3 is 4. The second-order valence-corrected chi connectivity index (χ2v) is 7.62. The van der Waals surface area contributed by atoms with Crippen LogP contribution in [0, 0.1) is 0 Å². The molecule has 164 valence electrons. The third kappa shape index (κ3) is 3.73. The minimum absolute atomic E-state index is 0.0974. The molecule has 0 aromatic heterocycles. The van der Waals surface area contributed by atoms with Gasteiger partial charge in [0.2, 0.25) is 11.8 Å². The summed E-state index contributed by atoms with van der Waals surface area (Å²) in [5.74, 6) is 2.17. The molecule has 2 aromatic rings. The Morgan fingerprint density at radius 2 is 1.48 bits per heavy atom. The summed E-state index contributed by atoms with van der Waals surface area (Å²) in [4.78, 5) is 27.8. The second-order valence-electron chi connectivity index (χ2n) is 7.62. The summed E-state index contributed by atoms with van der Waals surface area (Å²) in [6, 6.07) is 8.10. The van der Waals surface area contributed by atoms with Crippen LogP contribution in [-0.2, 0) is 29.0 Å². The van der Waals surface area contributed by atoms with Gasteiger partial charge < -0.3 is 29.2 Å². The van der Waals surface area contributed by atoms with E-state index in [-0.39, 0.29) is 11.8 Å². The molecule has 4 rings (SSSR count). The number of ether oxygens (including phenoxy) is 4. The third-order valence-corrected chi connectivity index (χ3v) is 5.92. The molecule has 2 heterocycles. The zero-order valence-corrected chi connectivity index (χ0v) is 18.1. The summed E-state index contributed by atoms with van der Waals surface area (Å²) in [7, 11) is 6.29. The fourth-order valence-corrected chi connectivity index (χ4v) is 4.29. The Balaban J connectivity index is 1.58. The van der Waals surface area contributed by atoms with Gasteiger partial charge in [-0.2, -0.15) is 0 Å². The number of carbonyl (C=O) groups is 2. The van der Waals surface area contributed by atoms with Crippen LogP contribution >= 0.6 is 0 Å². The maximum absolute atomic E-state index is 13.3. The van der Waals surface area contributed by atoms with Gasteiger partial charge in [-0.25, -0.2) is 0 Å². The van der Waals surface area contributed by atoms with Crippen molar-refractivity contribution in [3.63, 3.8) is 0 Å². The Labute approximate surface area is 181 Å². The topological polar surface area (TPSA) is 86.3 Å². The standard InChI is InChI=1S/C23H26N2O6/c1-28-18-6-5-13(8-19(18)29-2)7-16-23(27)25-12-15-11-21(31-4)20(30-3)10-14(15)9-17(25)22(26)24-16/h5-6,8,10-11,16-17H,7,9,12H2,1-4H3,(H,24,26)/t16-,17-/m0/s1. The van der Waals surface area contributed by atoms with Crippen molar-refractivity contribution in [3.05, 3.63) is 47.0 Å². The van der Waals surface area contributed by atoms with Crippen LogP contribution in [0.2, 0.25) is 0 Å². The van der Waals surface area contributed by atoms with Gasteiger partial charge in [-0.15, -0.1) is 0 Å². The van der Waals surface area contributed by atoms with E-state index in [1.165, 1.54) is 0 Å². The Hall–Kier alpha value is -3.42. The normalized spacial score (nSPS) is 19.8. The van der Waals surface area contributed by atoms with Crippen molar-refractivity contribution >= 4 is 11.8 Å². The van der Waals surface area contributed by atoms with E-state index in [0.717, 1.165) is 16.7 Å². The average Bonchev–Trinajstić information content (AvgIpc) is 2.80. The number of nitrogens with zero attached hydrogens (tertiary/aromatic N) is 1. The first-order valence-corrected chi connectivity index (χ1v) is 10.0. The molecule has 0 radical (unpaired) electrons. The van der Waals surface area contributed by atoms with Gasteiger partial charge in [-0.3, -0.25) is 9.59 Å². The molecule has 1 N–H and O–H groups in total. The predicted octanol–water partition coefficient (Wildman–Crippen LogP) is 1.72. The molecule has 2 aliphatic rings. The highest BCUT2D eigenvalue weighted by Gasteiger charge is 2.43. The molecular weight excluding hydrogens is 400 g/mol. The Morgan fingerprint density at radius 1 is 0.871 bits per heavy atom. The lowest BCUT2D eigenvalue weighted by Crippen LogP contribution is -2.65. The highest BCUT2D eigenvalue weighted by molar-refractivity contribution is 5.97. The zero-order valence-electron chi connectivity index (χ0n) is 18.1. The lowest BCUT2D eigenvalue weighted by atomic mass is 9.89. The van der Waals surface area contributed by atoms with Crippen molar-refractivity contribution in [2.75, 3.05) is 28.4 Å². The monoisotopic (exact) mass is 426 g/mol. The SMILES string of the molecule is COc1ccc(C[C@@H]2NC(=O)[C@@H]3Cc4cc(OC)c(OC)cc4CN3C2=O)cc1OC. The lowest BCUT2D eigenvalue weighted by molar-refractivity contribution is -0.150. The van der Waals surface area contributed by atoms with E-state index < -0.39 is 12.1 Å². The molecule has 0 aliphatic carbocycles. The van der Waals surface area contributed by atoms with Crippen molar-refractivity contribution in [2.45, 2.75) is 31.5 Å². The Kier molecular flexibility index (Phi) is 5.63. The first kappa shape index (κ1) is 20.8. The molecule has 2 aromatic carbocycles. The molecule has 2 amide bonds. The average molecular weight is 426 g/mol. The molecule has 2 aliphatic heterocycles. The number of amides is 2. The maximum atomic E-state index is 13.3. The van der Waals surface area contributed by atoms with Crippen molar-refractivity contribution in [1.82, 2.24) is 10.2 Å². The molecule has 31 heavy (non-hydrogen) atoms. The largest absolute Gasteiger partial charge is 0.493 e. The molecule has 0 bridgehead atoms. The molecule has 2 atom stereocenters. The molecule has 1 fully saturated rings. The minimum atomic E-state index is -0.636. The van der Waals surface area contributed by atoms with Crippen LogP contribution in [0.25, 0.3) is 0 Å². The van der Waals surface area contributed by atoms with E-state index in [9.17, 15) is 9.59 Å². The summed E-state index contributed by atoms with van der Waals surface area (Å²) in [6.07, 6.45) is 0.809. The number of carbonyl (C=O) groups excluding carboxylic acids is 2. The highest BCUT2D eigenvalue weighted by Crippen LogP contribution is 2.36. The quantitative estimate of drug-likeness (QED) is 0.757. The number of hydrogen-bond acceptors (Lipinski definition) is 6. The van der Waals surface area contributed by atoms with E-state index in [1.807, 2.05) is 24.3 Å². The van der Waals surface area contributed by atoms with E-state index >= 15 is 0 Å². The summed E-state index contributed by atoms with van der Waals surface area (Å²) in [6.45, 7) is 0.356. The van der Waals surface area contributed by atoms with E-state index in [2.05, 4.69) is 5.32 Å². The molecular formula is C23H26N2O6. The summed E-state index contributed by atoms with van der Waals surface area (Å²) < 4.78 is 21.4. The fraction of sp³-hybridized carbons (Fsp3) is 0.391. The number of piperazine rings is 1. The number of hydrogen-bond donors (Lipinski definition) is 1. The number of nitrogens with one attached hydrogen (secondary N) is 1. The van der Waals surface area contributed by atoms with Crippen LogP contribution in [-0.4, -0.2) is 57.2 Å². The van der Waals surface area contributed by atoms with Gasteiger partial charge in [0.15, 0.2) is 23.0 Å². The van der Waals surface area contributed by atoms with Gasteiger partial charge in [0, 0.05) is 19.4 Å². The maximum Gasteiger partial charge on any atom is 0.246 e. The third-order valence-electron chi connectivity index (χ3n) is 5.92. The van der Waals surface area contributed by atoms with Crippen LogP contribution < -0.4 is 24.3 Å². The molecule has 8 heteroatoms. The molecule has 1 saturated heterocycles. The summed E-state index contributed by atoms with van der Waals surface area (Å²) in [5.41, 5.74) is 2.82. The first-order valence-electron chi connectivity index (χ1n) is 10.0. The van der Waals surface area contributed by atoms with E-state index in [4.69, 9.17) is 18.9 Å². The molecule has 0 saturated carbocycles. The van der Waals surface area contributed by atoms with Crippen molar-refractivity contribution in [1.29, 1.82) is 0 Å². The summed E-state index contributed by atoms with van der Waals surface area (Å²) >= 11 is 0. The van der Waals surface area contributed by atoms with Crippen LogP contribution in [0.3, 0.4) is 0 Å². The summed E-state index contributed by atoms with van der Waals surface area (Å²) in [5, 5.41) is 2.90. The van der Waals surface area contributed by atoms with Gasteiger partial charge in [-0.05, 0) is 41.0 Å². The van der Waals surface area contributed by atoms with Gasteiger partial charge in [-0.1, -0.05) is 6.07 Å². The van der Waals surface area contributed by atoms with Crippen LogP contribution in [0.15, 0.2) is 30.3 Å². The van der Waals surface area contributed by atoms with Crippen LogP contribution in [0.4, 0.5) is 0 Å².